The minimum Gasteiger partial charge on any atom is -0.331 e. The topological polar surface area (TPSA) is 24.8 Å². The van der Waals surface area contributed by atoms with Gasteiger partial charge in [0.15, 0.2) is 0 Å². The van der Waals surface area contributed by atoms with Gasteiger partial charge in [-0.05, 0) is 18.4 Å². The average molecular weight is 400 g/mol. The second-order valence-electron chi connectivity index (χ2n) is 8.13. The Labute approximate surface area is 180 Å². The van der Waals surface area contributed by atoms with Crippen molar-refractivity contribution in [1.29, 1.82) is 0 Å². The average Bonchev–Trinajstić information content (AvgIpc) is 2.82. The van der Waals surface area contributed by atoms with E-state index in [2.05, 4.69) is 89.8 Å². The summed E-state index contributed by atoms with van der Waals surface area (Å²) in [5, 5.41) is 0. The van der Waals surface area contributed by atoms with Crippen molar-refractivity contribution in [1.82, 2.24) is 4.90 Å². The van der Waals surface area contributed by atoms with E-state index in [1.54, 1.807) is 4.90 Å². The van der Waals surface area contributed by atoms with Crippen LogP contribution in [-0.4, -0.2) is 37.0 Å². The number of rotatable bonds is 7. The minimum absolute atomic E-state index is 0.306. The lowest BCUT2D eigenvalue weighted by atomic mass is 9.96. The van der Waals surface area contributed by atoms with Crippen LogP contribution in [0.25, 0.3) is 0 Å². The Morgan fingerprint density at radius 3 is 1.80 bits per heavy atom. The molecule has 0 aromatic heterocycles. The van der Waals surface area contributed by atoms with Crippen molar-refractivity contribution in [3.05, 3.63) is 108 Å². The van der Waals surface area contributed by atoms with Crippen molar-refractivity contribution < 1.29 is 9.69 Å². The van der Waals surface area contributed by atoms with Crippen molar-refractivity contribution >= 4 is 5.91 Å². The second-order valence-corrected chi connectivity index (χ2v) is 8.13. The van der Waals surface area contributed by atoms with Crippen molar-refractivity contribution in [2.24, 2.45) is 0 Å². The molecule has 1 fully saturated rings. The van der Waals surface area contributed by atoms with Crippen LogP contribution in [0.15, 0.2) is 91.0 Å². The van der Waals surface area contributed by atoms with Gasteiger partial charge in [-0.15, -0.1) is 0 Å². The Morgan fingerprint density at radius 1 is 0.767 bits per heavy atom. The molecule has 4 rings (SSSR count). The van der Waals surface area contributed by atoms with Gasteiger partial charge in [-0.25, -0.2) is 0 Å². The van der Waals surface area contributed by atoms with E-state index in [4.69, 9.17) is 0 Å². The Bertz CT molecular complexity index is 864. The van der Waals surface area contributed by atoms with E-state index < -0.39 is 0 Å². The fourth-order valence-electron chi connectivity index (χ4n) is 4.53. The summed E-state index contributed by atoms with van der Waals surface area (Å²) in [7, 11) is 0. The summed E-state index contributed by atoms with van der Waals surface area (Å²) in [5.41, 5.74) is 4.01. The van der Waals surface area contributed by atoms with E-state index in [0.717, 1.165) is 39.0 Å². The predicted molar refractivity (Wildman–Crippen MR) is 121 cm³/mol. The highest BCUT2D eigenvalue weighted by Crippen LogP contribution is 2.19. The van der Waals surface area contributed by atoms with Gasteiger partial charge in [0.25, 0.3) is 0 Å². The molecule has 1 heterocycles. The molecule has 0 saturated carbocycles. The van der Waals surface area contributed by atoms with Gasteiger partial charge in [0.1, 0.15) is 6.04 Å². The molecule has 3 aromatic carbocycles. The lowest BCUT2D eigenvalue weighted by molar-refractivity contribution is -0.929. The summed E-state index contributed by atoms with van der Waals surface area (Å²) in [4.78, 5) is 16.3. The molecule has 1 aliphatic heterocycles. The van der Waals surface area contributed by atoms with E-state index in [9.17, 15) is 4.79 Å². The highest BCUT2D eigenvalue weighted by Gasteiger charge is 2.31. The van der Waals surface area contributed by atoms with E-state index in [-0.39, 0.29) is 0 Å². The highest BCUT2D eigenvalue weighted by molar-refractivity contribution is 5.76. The van der Waals surface area contributed by atoms with Crippen molar-refractivity contribution in [3.63, 3.8) is 0 Å². The van der Waals surface area contributed by atoms with E-state index in [0.29, 0.717) is 18.4 Å². The zero-order chi connectivity index (χ0) is 20.6. The van der Waals surface area contributed by atoms with E-state index >= 15 is 0 Å². The third kappa shape index (κ3) is 5.17. The summed E-state index contributed by atoms with van der Waals surface area (Å²) >= 11 is 0. The van der Waals surface area contributed by atoms with Crippen LogP contribution in [0.2, 0.25) is 0 Å². The Kier molecular flexibility index (Phi) is 6.94. The van der Waals surface area contributed by atoms with Gasteiger partial charge in [-0.1, -0.05) is 91.0 Å². The number of carbonyl (C=O) groups excluding carboxylic acids is 1. The van der Waals surface area contributed by atoms with Crippen LogP contribution >= 0.6 is 0 Å². The third-order valence-corrected chi connectivity index (χ3v) is 6.13. The molecular weight excluding hydrogens is 368 g/mol. The van der Waals surface area contributed by atoms with Crippen molar-refractivity contribution in [3.8, 4) is 0 Å². The number of hydrogen-bond acceptors (Lipinski definition) is 1. The molecule has 0 unspecified atom stereocenters. The first-order chi connectivity index (χ1) is 14.8. The first-order valence-corrected chi connectivity index (χ1v) is 11.1. The standard InChI is InChI=1S/C27H30N2O/c30-26(18-10-13-23-11-4-1-5-12-23)28-19-21-29(22-20-28)27(24-14-6-2-7-15-24)25-16-8-3-9-17-25/h1-9,11-12,14-17,27H,10,13,18-22H2/p+1. The number of carbonyl (C=O) groups is 1. The highest BCUT2D eigenvalue weighted by atomic mass is 16.2. The summed E-state index contributed by atoms with van der Waals surface area (Å²) in [6.45, 7) is 3.66. The van der Waals surface area contributed by atoms with Gasteiger partial charge >= 0.3 is 0 Å². The van der Waals surface area contributed by atoms with Crippen molar-refractivity contribution in [2.45, 2.75) is 25.3 Å². The van der Waals surface area contributed by atoms with Crippen LogP contribution in [0, 0.1) is 0 Å². The fraction of sp³-hybridized carbons (Fsp3) is 0.296. The molecular formula is C27H31N2O+. The quantitative estimate of drug-likeness (QED) is 0.646. The first-order valence-electron chi connectivity index (χ1n) is 11.1. The predicted octanol–water partition coefficient (Wildman–Crippen LogP) is 3.53. The van der Waals surface area contributed by atoms with Crippen LogP contribution in [0.3, 0.4) is 0 Å². The molecule has 154 valence electrons. The van der Waals surface area contributed by atoms with Crippen LogP contribution in [-0.2, 0) is 11.2 Å². The molecule has 1 N–H and O–H groups in total. The van der Waals surface area contributed by atoms with E-state index in [1.165, 1.54) is 16.7 Å². The largest absolute Gasteiger partial charge is 0.331 e. The second kappa shape index (κ2) is 10.2. The maximum absolute atomic E-state index is 12.7. The Balaban J connectivity index is 1.34. The maximum atomic E-state index is 12.7. The smallest absolute Gasteiger partial charge is 0.222 e. The summed E-state index contributed by atoms with van der Waals surface area (Å²) < 4.78 is 0. The molecule has 0 atom stereocenters. The van der Waals surface area contributed by atoms with Gasteiger partial charge in [-0.2, -0.15) is 0 Å². The summed E-state index contributed by atoms with van der Waals surface area (Å²) in [6.07, 6.45) is 2.54. The fourth-order valence-corrected chi connectivity index (χ4v) is 4.53. The number of nitrogens with zero attached hydrogens (tertiary/aromatic N) is 1. The SMILES string of the molecule is O=C(CCCc1ccccc1)N1CC[NH+](C(c2ccccc2)c2ccccc2)CC1. The number of aryl methyl sites for hydroxylation is 1. The zero-order valence-electron chi connectivity index (χ0n) is 17.5. The van der Waals surface area contributed by atoms with E-state index in [1.807, 2.05) is 6.07 Å². The molecule has 0 bridgehead atoms. The van der Waals surface area contributed by atoms with Crippen LogP contribution in [0.4, 0.5) is 0 Å². The summed E-state index contributed by atoms with van der Waals surface area (Å²) in [5.74, 6) is 0.306. The number of nitrogens with one attached hydrogen (secondary N) is 1. The molecule has 1 amide bonds. The van der Waals surface area contributed by atoms with Gasteiger partial charge in [-0.3, -0.25) is 4.79 Å². The first kappa shape index (κ1) is 20.4. The zero-order valence-corrected chi connectivity index (χ0v) is 17.5. The monoisotopic (exact) mass is 399 g/mol. The minimum atomic E-state index is 0.306. The molecule has 1 aliphatic rings. The maximum Gasteiger partial charge on any atom is 0.222 e. The van der Waals surface area contributed by atoms with Crippen molar-refractivity contribution in [2.75, 3.05) is 26.2 Å². The third-order valence-electron chi connectivity index (χ3n) is 6.13. The molecule has 3 heteroatoms. The number of benzene rings is 3. The van der Waals surface area contributed by atoms with Crippen LogP contribution < -0.4 is 4.90 Å². The molecule has 3 aromatic rings. The normalized spacial score (nSPS) is 14.8. The van der Waals surface area contributed by atoms with Gasteiger partial charge < -0.3 is 9.80 Å². The number of piperazine rings is 1. The lowest BCUT2D eigenvalue weighted by Crippen LogP contribution is -3.15. The summed E-state index contributed by atoms with van der Waals surface area (Å²) in [6, 6.07) is 32.3. The van der Waals surface area contributed by atoms with Gasteiger partial charge in [0.05, 0.1) is 26.2 Å². The van der Waals surface area contributed by atoms with Crippen LogP contribution in [0.1, 0.15) is 35.6 Å². The van der Waals surface area contributed by atoms with Gasteiger partial charge in [0, 0.05) is 17.5 Å². The number of quaternary nitrogens is 1. The molecule has 1 saturated heterocycles. The lowest BCUT2D eigenvalue weighted by Gasteiger charge is -2.37. The molecule has 30 heavy (non-hydrogen) atoms. The molecule has 0 aliphatic carbocycles. The Morgan fingerprint density at radius 2 is 1.27 bits per heavy atom. The molecule has 3 nitrogen and oxygen atoms in total. The molecule has 0 radical (unpaired) electrons. The van der Waals surface area contributed by atoms with Crippen LogP contribution in [0.5, 0.6) is 0 Å². The Hall–Kier alpha value is -2.91. The number of amides is 1. The molecule has 0 spiro atoms. The number of hydrogen-bond donors (Lipinski definition) is 1. The van der Waals surface area contributed by atoms with Gasteiger partial charge in [0.2, 0.25) is 5.91 Å².